The summed E-state index contributed by atoms with van der Waals surface area (Å²) in [5.41, 5.74) is 0. The van der Waals surface area contributed by atoms with Gasteiger partial charge in [-0.3, -0.25) is 5.32 Å². The molecule has 0 heterocycles. The average Bonchev–Trinajstić information content (AvgIpc) is 2.28. The average molecular weight is 244 g/mol. The number of hydrogen-bond acceptors (Lipinski definition) is 5. The van der Waals surface area contributed by atoms with Crippen LogP contribution in [0.5, 0.6) is 0 Å². The first-order valence-electron chi connectivity index (χ1n) is 4.31. The molecule has 15 heavy (non-hydrogen) atoms. The maximum Gasteiger partial charge on any atom is 0.340 e. The van der Waals surface area contributed by atoms with E-state index in [0.717, 1.165) is 16.9 Å². The number of carbonyl (C=O) groups excluding carboxylic acids is 1. The number of hydrogen-bond donors (Lipinski definition) is 1. The molecule has 0 radical (unpaired) electrons. The van der Waals surface area contributed by atoms with Gasteiger partial charge < -0.3 is 4.18 Å². The fourth-order valence-corrected chi connectivity index (χ4v) is 1.56. The molecule has 1 unspecified atom stereocenters. The van der Waals surface area contributed by atoms with Crippen LogP contribution in [-0.4, -0.2) is 18.8 Å². The van der Waals surface area contributed by atoms with Gasteiger partial charge in [-0.05, 0) is 12.1 Å². The van der Waals surface area contributed by atoms with Gasteiger partial charge in [0.25, 0.3) is 0 Å². The van der Waals surface area contributed by atoms with Crippen LogP contribution in [0.15, 0.2) is 35.2 Å². The zero-order chi connectivity index (χ0) is 10.9. The van der Waals surface area contributed by atoms with Crippen molar-refractivity contribution in [2.75, 3.05) is 12.8 Å². The number of benzene rings is 1. The highest BCUT2D eigenvalue weighted by atomic mass is 32.2. The standard InChI is InChI=1S/C9H10NO3PS/c11-9(6-10-7-14-12)13-15-8-4-2-1-3-5-8/h1-5,10H,6-7H2/p+1. The molecule has 1 atom stereocenters. The van der Waals surface area contributed by atoms with Crippen LogP contribution in [0.25, 0.3) is 0 Å². The Kier molecular flexibility index (Phi) is 6.00. The molecular weight excluding hydrogens is 233 g/mol. The highest BCUT2D eigenvalue weighted by molar-refractivity contribution is 7.95. The minimum absolute atomic E-state index is 0.0784. The lowest BCUT2D eigenvalue weighted by molar-refractivity contribution is -0.131. The second-order valence-corrected chi connectivity index (χ2v) is 4.05. The van der Waals surface area contributed by atoms with E-state index in [1.807, 2.05) is 30.3 Å². The van der Waals surface area contributed by atoms with Crippen molar-refractivity contribution < 1.29 is 13.5 Å². The summed E-state index contributed by atoms with van der Waals surface area (Å²) in [6.07, 6.45) is 0.311. The van der Waals surface area contributed by atoms with Crippen molar-refractivity contribution in [1.29, 1.82) is 0 Å². The molecule has 0 saturated heterocycles. The summed E-state index contributed by atoms with van der Waals surface area (Å²) in [4.78, 5) is 12.0. The third-order valence-corrected chi connectivity index (χ3v) is 2.57. The van der Waals surface area contributed by atoms with Crippen LogP contribution >= 0.6 is 20.5 Å². The van der Waals surface area contributed by atoms with E-state index in [1.165, 1.54) is 0 Å². The van der Waals surface area contributed by atoms with Gasteiger partial charge in [-0.1, -0.05) is 22.8 Å². The molecule has 0 aliphatic rings. The van der Waals surface area contributed by atoms with Crippen LogP contribution < -0.4 is 5.32 Å². The summed E-state index contributed by atoms with van der Waals surface area (Å²) < 4.78 is 15.0. The van der Waals surface area contributed by atoms with Crippen LogP contribution in [-0.2, 0) is 13.5 Å². The van der Waals surface area contributed by atoms with Crippen LogP contribution in [0, 0.1) is 0 Å². The highest BCUT2D eigenvalue weighted by Crippen LogP contribution is 2.17. The lowest BCUT2D eigenvalue weighted by Crippen LogP contribution is -2.21. The summed E-state index contributed by atoms with van der Waals surface area (Å²) >= 11 is 1.02. The fraction of sp³-hybridized carbons (Fsp3) is 0.222. The van der Waals surface area contributed by atoms with E-state index in [-0.39, 0.29) is 12.5 Å². The topological polar surface area (TPSA) is 55.4 Å². The van der Waals surface area contributed by atoms with Gasteiger partial charge in [0.15, 0.2) is 6.29 Å². The summed E-state index contributed by atoms with van der Waals surface area (Å²) in [6, 6.07) is 9.33. The summed E-state index contributed by atoms with van der Waals surface area (Å²) in [6.45, 7) is 0.0784. The fourth-order valence-electron chi connectivity index (χ4n) is 0.816. The van der Waals surface area contributed by atoms with E-state index >= 15 is 0 Å². The van der Waals surface area contributed by atoms with Crippen molar-refractivity contribution in [3.63, 3.8) is 0 Å². The number of nitrogens with one attached hydrogen (secondary N) is 1. The summed E-state index contributed by atoms with van der Waals surface area (Å²) in [7, 11) is -0.443. The molecule has 1 rings (SSSR count). The molecule has 0 saturated carbocycles. The third-order valence-electron chi connectivity index (χ3n) is 1.44. The van der Waals surface area contributed by atoms with Crippen LogP contribution in [0.2, 0.25) is 0 Å². The van der Waals surface area contributed by atoms with Crippen molar-refractivity contribution >= 4 is 26.5 Å². The van der Waals surface area contributed by atoms with Gasteiger partial charge in [-0.25, -0.2) is 4.79 Å². The molecule has 1 N–H and O–H groups in total. The molecule has 0 spiro atoms. The predicted octanol–water partition coefficient (Wildman–Crippen LogP) is 1.81. The first-order valence-corrected chi connectivity index (χ1v) is 6.16. The Hall–Kier alpha value is -0.900. The minimum Gasteiger partial charge on any atom is -0.385 e. The Balaban J connectivity index is 2.20. The molecule has 1 aromatic rings. The molecule has 0 aliphatic carbocycles. The molecular formula is C9H11NO3PS+. The van der Waals surface area contributed by atoms with E-state index in [2.05, 4.69) is 5.32 Å². The minimum atomic E-state index is -0.443. The van der Waals surface area contributed by atoms with Crippen molar-refractivity contribution in [3.8, 4) is 0 Å². The number of carbonyl (C=O) groups is 1. The maximum absolute atomic E-state index is 11.1. The first-order chi connectivity index (χ1) is 7.33. The molecule has 0 aromatic heterocycles. The Bertz CT molecular complexity index is 320. The summed E-state index contributed by atoms with van der Waals surface area (Å²) in [5.74, 6) is -0.373. The number of rotatable bonds is 6. The van der Waals surface area contributed by atoms with Gasteiger partial charge in [0.1, 0.15) is 0 Å². The Morgan fingerprint density at radius 2 is 2.13 bits per heavy atom. The monoisotopic (exact) mass is 244 g/mol. The van der Waals surface area contributed by atoms with Crippen molar-refractivity contribution in [2.24, 2.45) is 0 Å². The van der Waals surface area contributed by atoms with Gasteiger partial charge >= 0.3 is 14.4 Å². The largest absolute Gasteiger partial charge is 0.385 e. The SMILES string of the molecule is O=[PH+]CNCC(=O)OSc1ccccc1. The maximum atomic E-state index is 11.1. The van der Waals surface area contributed by atoms with Gasteiger partial charge in [-0.2, -0.15) is 0 Å². The Morgan fingerprint density at radius 3 is 2.80 bits per heavy atom. The molecule has 1 aromatic carbocycles. The lowest BCUT2D eigenvalue weighted by Gasteiger charge is -2.01. The molecule has 80 valence electrons. The van der Waals surface area contributed by atoms with Gasteiger partial charge in [-0.15, -0.1) is 0 Å². The predicted molar refractivity (Wildman–Crippen MR) is 60.3 cm³/mol. The van der Waals surface area contributed by atoms with E-state index in [9.17, 15) is 9.36 Å². The van der Waals surface area contributed by atoms with Crippen molar-refractivity contribution in [3.05, 3.63) is 30.3 Å². The zero-order valence-corrected chi connectivity index (χ0v) is 9.75. The quantitative estimate of drug-likeness (QED) is 0.470. The van der Waals surface area contributed by atoms with Crippen LogP contribution in [0.3, 0.4) is 0 Å². The normalized spacial score (nSPS) is 10.1. The summed E-state index contributed by atoms with van der Waals surface area (Å²) in [5, 5.41) is 2.68. The van der Waals surface area contributed by atoms with E-state index in [1.54, 1.807) is 0 Å². The van der Waals surface area contributed by atoms with E-state index < -0.39 is 8.46 Å². The molecule has 0 aliphatic heterocycles. The molecule has 6 heteroatoms. The molecule has 0 amide bonds. The molecule has 4 nitrogen and oxygen atoms in total. The third kappa shape index (κ3) is 5.52. The molecule has 0 fully saturated rings. The Labute approximate surface area is 93.8 Å². The van der Waals surface area contributed by atoms with Crippen molar-refractivity contribution in [2.45, 2.75) is 4.90 Å². The zero-order valence-electron chi connectivity index (χ0n) is 7.93. The Morgan fingerprint density at radius 1 is 1.40 bits per heavy atom. The highest BCUT2D eigenvalue weighted by Gasteiger charge is 2.04. The van der Waals surface area contributed by atoms with Crippen LogP contribution in [0.1, 0.15) is 0 Å². The van der Waals surface area contributed by atoms with Crippen molar-refractivity contribution in [1.82, 2.24) is 5.32 Å². The van der Waals surface area contributed by atoms with Gasteiger partial charge in [0.05, 0.1) is 18.6 Å². The van der Waals surface area contributed by atoms with Gasteiger partial charge in [0.2, 0.25) is 0 Å². The smallest absolute Gasteiger partial charge is 0.340 e. The van der Waals surface area contributed by atoms with E-state index in [0.29, 0.717) is 6.29 Å². The van der Waals surface area contributed by atoms with E-state index in [4.69, 9.17) is 4.18 Å². The van der Waals surface area contributed by atoms with Gasteiger partial charge in [0, 0.05) is 4.90 Å². The first kappa shape index (κ1) is 12.2. The van der Waals surface area contributed by atoms with Crippen LogP contribution in [0.4, 0.5) is 0 Å². The second-order valence-electron chi connectivity index (χ2n) is 2.60. The molecule has 0 bridgehead atoms. The lowest BCUT2D eigenvalue weighted by atomic mass is 10.4. The second kappa shape index (κ2) is 7.40.